The number of halogens is 1. The number of fused-ring (bicyclic) bond motifs is 1. The maximum atomic E-state index is 11.7. The molecule has 3 heterocycles. The van der Waals surface area contributed by atoms with Crippen molar-refractivity contribution in [1.82, 2.24) is 18.9 Å². The molecule has 1 aliphatic heterocycles. The Morgan fingerprint density at radius 1 is 1.37 bits per heavy atom. The first-order valence-corrected chi connectivity index (χ1v) is 11.2. The molecule has 2 aromatic rings. The molecule has 3 rings (SSSR count). The highest BCUT2D eigenvalue weighted by Gasteiger charge is 2.32. The molecule has 2 aromatic heterocycles. The van der Waals surface area contributed by atoms with Crippen molar-refractivity contribution in [1.29, 1.82) is 0 Å². The third kappa shape index (κ3) is 4.21. The van der Waals surface area contributed by atoms with E-state index in [2.05, 4.69) is 36.2 Å². The number of anilines is 1. The number of piperidine rings is 1. The minimum absolute atomic E-state index is 0.0593. The number of hydrogen-bond acceptors (Lipinski definition) is 6. The van der Waals surface area contributed by atoms with Gasteiger partial charge in [0.1, 0.15) is 5.52 Å². The van der Waals surface area contributed by atoms with E-state index in [4.69, 9.17) is 11.6 Å². The summed E-state index contributed by atoms with van der Waals surface area (Å²) in [5.74, 6) is 1.06. The Labute approximate surface area is 164 Å². The van der Waals surface area contributed by atoms with Gasteiger partial charge in [-0.3, -0.25) is 0 Å². The van der Waals surface area contributed by atoms with Crippen LogP contribution in [0.3, 0.4) is 0 Å². The molecule has 0 aliphatic carbocycles. The number of nitrogens with one attached hydrogen (secondary N) is 1. The molecule has 8 nitrogen and oxygen atoms in total. The molecule has 2 N–H and O–H groups in total. The summed E-state index contributed by atoms with van der Waals surface area (Å²) >= 11 is 6.33. The first-order valence-electron chi connectivity index (χ1n) is 9.02. The van der Waals surface area contributed by atoms with Crippen molar-refractivity contribution >= 4 is 33.1 Å². The molecule has 1 saturated heterocycles. The van der Waals surface area contributed by atoms with E-state index in [-0.39, 0.29) is 18.5 Å². The molecule has 0 saturated carbocycles. The second kappa shape index (κ2) is 7.54. The van der Waals surface area contributed by atoms with Gasteiger partial charge in [0, 0.05) is 24.7 Å². The van der Waals surface area contributed by atoms with Gasteiger partial charge in [0.15, 0.2) is 0 Å². The molecule has 0 bridgehead atoms. The fourth-order valence-corrected chi connectivity index (χ4v) is 4.35. The van der Waals surface area contributed by atoms with Crippen molar-refractivity contribution < 1.29 is 13.5 Å². The van der Waals surface area contributed by atoms with E-state index >= 15 is 0 Å². The zero-order chi connectivity index (χ0) is 19.9. The quantitative estimate of drug-likeness (QED) is 0.774. The number of sulfonamides is 1. The van der Waals surface area contributed by atoms with Crippen LogP contribution < -0.4 is 5.32 Å². The summed E-state index contributed by atoms with van der Waals surface area (Å²) in [7, 11) is -3.31. The lowest BCUT2D eigenvalue weighted by Crippen LogP contribution is -2.51. The standard InChI is InChI=1S/C17H26ClN5O3S/c1-10(2)11(3)14-7-12(18)15-8-19-17(21-23(14)15)20-13-5-6-22(9-16(13)24)27(4,25)26/h7-8,10-11,13,16,24H,5-6,9H2,1-4H3,(H,20,21)/t11?,13-,16-/m1/s1. The number of nitrogens with zero attached hydrogens (tertiary/aromatic N) is 4. The van der Waals surface area contributed by atoms with E-state index in [1.165, 1.54) is 4.31 Å². The average molecular weight is 416 g/mol. The molecular formula is C17H26ClN5O3S. The maximum absolute atomic E-state index is 11.7. The zero-order valence-corrected chi connectivity index (χ0v) is 17.5. The molecule has 3 atom stereocenters. The highest BCUT2D eigenvalue weighted by atomic mass is 35.5. The second-order valence-electron chi connectivity index (χ2n) is 7.56. The number of aliphatic hydroxyl groups is 1. The largest absolute Gasteiger partial charge is 0.390 e. The molecule has 27 heavy (non-hydrogen) atoms. The lowest BCUT2D eigenvalue weighted by Gasteiger charge is -2.34. The third-order valence-electron chi connectivity index (χ3n) is 5.29. The smallest absolute Gasteiger partial charge is 0.241 e. The molecule has 0 spiro atoms. The highest BCUT2D eigenvalue weighted by Crippen LogP contribution is 2.30. The molecule has 10 heteroatoms. The fourth-order valence-electron chi connectivity index (χ4n) is 3.25. The van der Waals surface area contributed by atoms with Crippen LogP contribution in [0.4, 0.5) is 5.95 Å². The predicted octanol–water partition coefficient (Wildman–Crippen LogP) is 1.95. The van der Waals surface area contributed by atoms with Crippen LogP contribution >= 0.6 is 11.6 Å². The van der Waals surface area contributed by atoms with Crippen LogP contribution in [0.15, 0.2) is 12.3 Å². The van der Waals surface area contributed by atoms with Crippen molar-refractivity contribution in [3.05, 3.63) is 23.0 Å². The van der Waals surface area contributed by atoms with E-state index in [0.29, 0.717) is 29.9 Å². The number of rotatable bonds is 5. The lowest BCUT2D eigenvalue weighted by atomic mass is 9.95. The van der Waals surface area contributed by atoms with Crippen LogP contribution in [0.1, 0.15) is 38.8 Å². The topological polar surface area (TPSA) is 99.8 Å². The minimum Gasteiger partial charge on any atom is -0.390 e. The van der Waals surface area contributed by atoms with Gasteiger partial charge in [-0.25, -0.2) is 17.9 Å². The number of hydrogen-bond donors (Lipinski definition) is 2. The summed E-state index contributed by atoms with van der Waals surface area (Å²) in [6.45, 7) is 6.82. The van der Waals surface area contributed by atoms with Gasteiger partial charge < -0.3 is 10.4 Å². The Hall–Kier alpha value is -1.42. The Bertz CT molecular complexity index is 930. The molecule has 0 aromatic carbocycles. The maximum Gasteiger partial charge on any atom is 0.241 e. The van der Waals surface area contributed by atoms with Crippen molar-refractivity contribution in [3.63, 3.8) is 0 Å². The normalized spacial score (nSPS) is 23.1. The van der Waals surface area contributed by atoms with Crippen molar-refractivity contribution in [2.75, 3.05) is 24.7 Å². The summed E-state index contributed by atoms with van der Waals surface area (Å²) in [4.78, 5) is 4.31. The van der Waals surface area contributed by atoms with Gasteiger partial charge in [0.25, 0.3) is 0 Å². The first-order chi connectivity index (χ1) is 12.6. The van der Waals surface area contributed by atoms with E-state index in [1.54, 1.807) is 10.7 Å². The van der Waals surface area contributed by atoms with E-state index < -0.39 is 16.1 Å². The Morgan fingerprint density at radius 2 is 2.07 bits per heavy atom. The fraction of sp³-hybridized carbons (Fsp3) is 0.647. The summed E-state index contributed by atoms with van der Waals surface area (Å²) in [6.07, 6.45) is 2.44. The molecule has 1 aliphatic rings. The van der Waals surface area contributed by atoms with Crippen LogP contribution in [0.5, 0.6) is 0 Å². The van der Waals surface area contributed by atoms with Gasteiger partial charge in [-0.05, 0) is 18.4 Å². The zero-order valence-electron chi connectivity index (χ0n) is 15.9. The second-order valence-corrected chi connectivity index (χ2v) is 9.95. The first kappa shape index (κ1) is 20.3. The Balaban J connectivity index is 1.83. The summed E-state index contributed by atoms with van der Waals surface area (Å²) < 4.78 is 26.4. The predicted molar refractivity (Wildman–Crippen MR) is 106 cm³/mol. The third-order valence-corrected chi connectivity index (χ3v) is 6.86. The van der Waals surface area contributed by atoms with Gasteiger partial charge in [-0.1, -0.05) is 32.4 Å². The van der Waals surface area contributed by atoms with E-state index in [9.17, 15) is 13.5 Å². The van der Waals surface area contributed by atoms with Crippen LogP contribution in [0.2, 0.25) is 5.02 Å². The molecule has 1 unspecified atom stereocenters. The molecule has 0 radical (unpaired) electrons. The molecular weight excluding hydrogens is 390 g/mol. The van der Waals surface area contributed by atoms with E-state index in [1.807, 2.05) is 6.07 Å². The summed E-state index contributed by atoms with van der Waals surface area (Å²) in [6, 6.07) is 1.59. The lowest BCUT2D eigenvalue weighted by molar-refractivity contribution is 0.0950. The van der Waals surface area contributed by atoms with Crippen molar-refractivity contribution in [2.24, 2.45) is 5.92 Å². The Kier molecular flexibility index (Phi) is 5.67. The summed E-state index contributed by atoms with van der Waals surface area (Å²) in [5.41, 5.74) is 1.74. The minimum atomic E-state index is -3.31. The van der Waals surface area contributed by atoms with Gasteiger partial charge in [-0.2, -0.15) is 4.31 Å². The number of β-amino-alcohol motifs (C(OH)–C–C–N with tert-alkyl or cyclic N) is 1. The van der Waals surface area contributed by atoms with Gasteiger partial charge >= 0.3 is 0 Å². The van der Waals surface area contributed by atoms with Crippen LogP contribution in [-0.4, -0.2) is 63.9 Å². The van der Waals surface area contributed by atoms with Gasteiger partial charge in [0.2, 0.25) is 16.0 Å². The molecule has 1 fully saturated rings. The van der Waals surface area contributed by atoms with Gasteiger partial charge in [-0.15, -0.1) is 5.10 Å². The number of aromatic nitrogens is 3. The monoisotopic (exact) mass is 415 g/mol. The summed E-state index contributed by atoms with van der Waals surface area (Å²) in [5, 5.41) is 18.7. The highest BCUT2D eigenvalue weighted by molar-refractivity contribution is 7.88. The van der Waals surface area contributed by atoms with Crippen LogP contribution in [0.25, 0.3) is 5.52 Å². The molecule has 150 valence electrons. The van der Waals surface area contributed by atoms with E-state index in [0.717, 1.165) is 17.5 Å². The van der Waals surface area contributed by atoms with Crippen molar-refractivity contribution in [2.45, 2.75) is 45.3 Å². The average Bonchev–Trinajstić information content (AvgIpc) is 2.91. The van der Waals surface area contributed by atoms with Gasteiger partial charge in [0.05, 0.1) is 29.6 Å². The van der Waals surface area contributed by atoms with Crippen LogP contribution in [0, 0.1) is 5.92 Å². The molecule has 0 amide bonds. The SMILES string of the molecule is CC(C)C(C)c1cc(Cl)c2cnc(N[C@@H]3CCN(S(C)(=O)=O)C[C@H]3O)nn12. The number of aliphatic hydroxyl groups excluding tert-OH is 1. The van der Waals surface area contributed by atoms with Crippen LogP contribution in [-0.2, 0) is 10.0 Å². The van der Waals surface area contributed by atoms with Crippen molar-refractivity contribution in [3.8, 4) is 0 Å². The Morgan fingerprint density at radius 3 is 2.67 bits per heavy atom.